The number of alkyl halides is 6. The lowest BCUT2D eigenvalue weighted by atomic mass is 9.92. The maximum absolute atomic E-state index is 13.8. The van der Waals surface area contributed by atoms with Crippen LogP contribution in [0, 0.1) is 49.7 Å². The standard InChI is InChI=1S/C26H10F6N8/c1-9-10(2)38-21-13(37-9)5-11-17(15(7-33)35-3)12-6-14-22(19(12)20(18(11)21)16(8-34)36-4)40-24(26(30,31)32)23(39-14)25(27,28)29/h5-6H2,1-2H3/b17-15+,20-16+. The Kier molecular flexibility index (Phi) is 5.64. The zero-order chi connectivity index (χ0) is 29.3. The van der Waals surface area contributed by atoms with Crippen LogP contribution in [0.25, 0.3) is 43.6 Å². The van der Waals surface area contributed by atoms with E-state index < -0.39 is 52.9 Å². The fourth-order valence-corrected chi connectivity index (χ4v) is 5.03. The molecule has 0 bridgehead atoms. The first-order valence-corrected chi connectivity index (χ1v) is 11.2. The molecule has 2 aliphatic rings. The van der Waals surface area contributed by atoms with Crippen molar-refractivity contribution in [3.63, 3.8) is 0 Å². The molecule has 8 nitrogen and oxygen atoms in total. The van der Waals surface area contributed by atoms with E-state index in [9.17, 15) is 36.9 Å². The predicted octanol–water partition coefficient (Wildman–Crippen LogP) is 4.17. The summed E-state index contributed by atoms with van der Waals surface area (Å²) < 4.78 is 82.4. The molecule has 0 saturated carbocycles. The number of hydrogen-bond donors (Lipinski definition) is 0. The average molecular weight is 548 g/mol. The van der Waals surface area contributed by atoms with Crippen molar-refractivity contribution in [1.29, 1.82) is 10.5 Å². The van der Waals surface area contributed by atoms with Crippen LogP contribution in [0.1, 0.15) is 45.3 Å². The molecule has 40 heavy (non-hydrogen) atoms. The Morgan fingerprint density at radius 3 is 1.60 bits per heavy atom. The summed E-state index contributed by atoms with van der Waals surface area (Å²) in [6, 6.07) is 3.44. The molecule has 2 heterocycles. The van der Waals surface area contributed by atoms with E-state index in [0.717, 1.165) is 0 Å². The number of hydrogen-bond acceptors (Lipinski definition) is 6. The topological polar surface area (TPSA) is 108 Å². The van der Waals surface area contributed by atoms with Crippen LogP contribution in [0.4, 0.5) is 26.3 Å². The quantitative estimate of drug-likeness (QED) is 0.213. The number of halogens is 6. The highest BCUT2D eigenvalue weighted by molar-refractivity contribution is 5.91. The third-order valence-corrected chi connectivity index (χ3v) is 6.66. The van der Waals surface area contributed by atoms with Gasteiger partial charge in [0.25, 0.3) is 11.4 Å². The van der Waals surface area contributed by atoms with Crippen LogP contribution in [-0.2, 0) is 25.2 Å². The fourth-order valence-electron chi connectivity index (χ4n) is 5.03. The molecule has 2 aliphatic carbocycles. The minimum Gasteiger partial charge on any atom is -0.254 e. The molecule has 0 N–H and O–H groups in total. The number of aromatic nitrogens is 4. The lowest BCUT2D eigenvalue weighted by Crippen LogP contribution is -2.26. The van der Waals surface area contributed by atoms with Crippen molar-refractivity contribution in [2.24, 2.45) is 0 Å². The summed E-state index contributed by atoms with van der Waals surface area (Å²) in [5, 5.41) is 19.4. The second-order valence-corrected chi connectivity index (χ2v) is 8.86. The van der Waals surface area contributed by atoms with Gasteiger partial charge in [-0.1, -0.05) is 0 Å². The van der Waals surface area contributed by atoms with Crippen molar-refractivity contribution in [2.75, 3.05) is 0 Å². The lowest BCUT2D eigenvalue weighted by molar-refractivity contribution is -0.167. The number of rotatable bonds is 0. The van der Waals surface area contributed by atoms with Crippen molar-refractivity contribution in [2.45, 2.75) is 39.0 Å². The first kappa shape index (κ1) is 26.3. The molecule has 14 heteroatoms. The molecule has 0 radical (unpaired) electrons. The van der Waals surface area contributed by atoms with Gasteiger partial charge in [0.2, 0.25) is 0 Å². The Labute approximate surface area is 220 Å². The minimum atomic E-state index is -5.55. The SMILES string of the molecule is [C-]#[N+]/C(C#N)=c1\c2c(/c(=C(/C#N)[N+]#[C-])c3c1Cc1nc(C(F)(F)F)c(C(F)(F)F)nc1-3)-c1nc(C)c(C)nc1C2. The molecule has 0 unspecified atom stereocenters. The summed E-state index contributed by atoms with van der Waals surface area (Å²) in [7, 11) is 0. The third-order valence-electron chi connectivity index (χ3n) is 6.66. The summed E-state index contributed by atoms with van der Waals surface area (Å²) in [5.74, 6) is 0. The van der Waals surface area contributed by atoms with Crippen LogP contribution in [-0.4, -0.2) is 19.9 Å². The Morgan fingerprint density at radius 2 is 1.12 bits per heavy atom. The number of nitriles is 2. The third kappa shape index (κ3) is 3.65. The van der Waals surface area contributed by atoms with Crippen molar-refractivity contribution in [3.05, 3.63) is 78.6 Å². The zero-order valence-electron chi connectivity index (χ0n) is 20.3. The molecule has 0 aliphatic heterocycles. The van der Waals surface area contributed by atoms with Crippen LogP contribution < -0.4 is 10.4 Å². The molecule has 0 saturated heterocycles. The Bertz CT molecular complexity index is 1960. The van der Waals surface area contributed by atoms with Crippen molar-refractivity contribution < 1.29 is 26.3 Å². The molecule has 0 atom stereocenters. The van der Waals surface area contributed by atoms with Gasteiger partial charge in [0.05, 0.1) is 59.4 Å². The van der Waals surface area contributed by atoms with E-state index in [1.54, 1.807) is 26.0 Å². The van der Waals surface area contributed by atoms with E-state index in [0.29, 0.717) is 17.1 Å². The van der Waals surface area contributed by atoms with E-state index in [1.165, 1.54) is 0 Å². The summed E-state index contributed by atoms with van der Waals surface area (Å²) >= 11 is 0. The smallest absolute Gasteiger partial charge is 0.254 e. The first-order valence-electron chi connectivity index (χ1n) is 11.2. The zero-order valence-corrected chi connectivity index (χ0v) is 20.3. The lowest BCUT2D eigenvalue weighted by Gasteiger charge is -2.16. The normalized spacial score (nSPS) is 14.5. The molecule has 196 valence electrons. The van der Waals surface area contributed by atoms with Crippen molar-refractivity contribution >= 4 is 11.4 Å². The monoisotopic (exact) mass is 548 g/mol. The highest BCUT2D eigenvalue weighted by Crippen LogP contribution is 2.43. The highest BCUT2D eigenvalue weighted by atomic mass is 19.4. The fraction of sp³-hybridized carbons (Fsp3) is 0.231. The maximum Gasteiger partial charge on any atom is 0.435 e. The number of aryl methyl sites for hydroxylation is 2. The molecule has 0 spiro atoms. The van der Waals surface area contributed by atoms with Gasteiger partial charge in [0.1, 0.15) is 0 Å². The van der Waals surface area contributed by atoms with Crippen LogP contribution in [0.3, 0.4) is 0 Å². The van der Waals surface area contributed by atoms with Crippen LogP contribution >= 0.6 is 0 Å². The molecule has 2 aromatic heterocycles. The van der Waals surface area contributed by atoms with E-state index >= 15 is 0 Å². The summed E-state index contributed by atoms with van der Waals surface area (Å²) in [6.07, 6.45) is -11.6. The maximum atomic E-state index is 13.8. The average Bonchev–Trinajstić information content (AvgIpc) is 3.42. The second kappa shape index (κ2) is 8.59. The Morgan fingerprint density at radius 1 is 0.700 bits per heavy atom. The van der Waals surface area contributed by atoms with Crippen LogP contribution in [0.5, 0.6) is 0 Å². The number of nitrogens with zero attached hydrogens (tertiary/aromatic N) is 8. The molecular formula is C26H10F6N8. The number of benzene rings is 1. The number of fused-ring (bicyclic) bond motifs is 6. The van der Waals surface area contributed by atoms with Gasteiger partial charge in [-0.25, -0.2) is 35.2 Å². The predicted molar refractivity (Wildman–Crippen MR) is 124 cm³/mol. The molecule has 5 rings (SSSR count). The highest BCUT2D eigenvalue weighted by Gasteiger charge is 2.48. The van der Waals surface area contributed by atoms with E-state index in [1.807, 2.05) is 0 Å². The van der Waals surface area contributed by atoms with Gasteiger partial charge in [-0.2, -0.15) is 26.3 Å². The van der Waals surface area contributed by atoms with Gasteiger partial charge in [-0.3, -0.25) is 4.98 Å². The van der Waals surface area contributed by atoms with Gasteiger partial charge in [0.15, 0.2) is 11.4 Å². The van der Waals surface area contributed by atoms with Gasteiger partial charge >= 0.3 is 12.4 Å². The largest absolute Gasteiger partial charge is 0.435 e. The van der Waals surface area contributed by atoms with Gasteiger partial charge in [0, 0.05) is 34.4 Å². The van der Waals surface area contributed by atoms with E-state index in [4.69, 9.17) is 13.1 Å². The second-order valence-electron chi connectivity index (χ2n) is 8.86. The van der Waals surface area contributed by atoms with Gasteiger partial charge in [-0.15, -0.1) is 0 Å². The van der Waals surface area contributed by atoms with Crippen molar-refractivity contribution in [3.8, 4) is 34.7 Å². The minimum absolute atomic E-state index is 0.00931. The van der Waals surface area contributed by atoms with Gasteiger partial charge < -0.3 is 0 Å². The molecule has 0 fully saturated rings. The molecule has 1 aromatic carbocycles. The van der Waals surface area contributed by atoms with E-state index in [-0.39, 0.29) is 44.8 Å². The summed E-state index contributed by atoms with van der Waals surface area (Å²) in [4.78, 5) is 22.2. The first-order chi connectivity index (χ1) is 18.8. The van der Waals surface area contributed by atoms with Crippen LogP contribution in [0.2, 0.25) is 0 Å². The molecular weight excluding hydrogens is 538 g/mol. The summed E-state index contributed by atoms with van der Waals surface area (Å²) in [6.45, 7) is 18.5. The Hall–Kier alpha value is -5.34. The van der Waals surface area contributed by atoms with Gasteiger partial charge in [-0.05, 0) is 25.0 Å². The Balaban J connectivity index is 2.10. The molecule has 3 aromatic rings. The van der Waals surface area contributed by atoms with Crippen LogP contribution in [0.15, 0.2) is 0 Å². The van der Waals surface area contributed by atoms with Crippen molar-refractivity contribution in [1.82, 2.24) is 19.9 Å². The molecule has 0 amide bonds. The van der Waals surface area contributed by atoms with E-state index in [2.05, 4.69) is 29.6 Å². The summed E-state index contributed by atoms with van der Waals surface area (Å²) in [5.41, 5.74) is -5.10.